The molecular weight excluding hydrogens is 444 g/mol. The molecule has 4 aromatic rings. The quantitative estimate of drug-likeness (QED) is 0.328. The van der Waals surface area contributed by atoms with Gasteiger partial charge in [0.2, 0.25) is 0 Å². The zero-order valence-corrected chi connectivity index (χ0v) is 19.6. The van der Waals surface area contributed by atoms with E-state index in [0.717, 1.165) is 33.2 Å². The maximum atomic E-state index is 13.7. The standard InChI is InChI=1S/C30H27F2NO2/c1-35-29-15-10-20-4-2-3-5-25(20)26(29)18-33-17-16-28(34)27(19-33)30(21-6-11-23(31)12-7-21)22-8-13-24(32)14-9-22/h2-15,27,30H,16-19H2,1H3. The first-order chi connectivity index (χ1) is 17.0. The number of Topliss-reactive ketones (excluding diaryl/α,β-unsaturated/α-hetero) is 1. The van der Waals surface area contributed by atoms with Gasteiger partial charge in [-0.2, -0.15) is 0 Å². The van der Waals surface area contributed by atoms with Gasteiger partial charge in [0.05, 0.1) is 7.11 Å². The molecular formula is C30H27F2NO2. The minimum Gasteiger partial charge on any atom is -0.496 e. The molecule has 0 N–H and O–H groups in total. The number of fused-ring (bicyclic) bond motifs is 1. The van der Waals surface area contributed by atoms with E-state index >= 15 is 0 Å². The van der Waals surface area contributed by atoms with Crippen LogP contribution in [0.5, 0.6) is 5.75 Å². The fourth-order valence-electron chi connectivity index (χ4n) is 5.25. The second kappa shape index (κ2) is 9.96. The zero-order chi connectivity index (χ0) is 24.4. The molecule has 3 nitrogen and oxygen atoms in total. The van der Waals surface area contributed by atoms with Crippen molar-refractivity contribution in [2.45, 2.75) is 18.9 Å². The predicted molar refractivity (Wildman–Crippen MR) is 134 cm³/mol. The second-order valence-corrected chi connectivity index (χ2v) is 9.11. The number of nitrogens with zero attached hydrogens (tertiary/aromatic N) is 1. The largest absolute Gasteiger partial charge is 0.496 e. The van der Waals surface area contributed by atoms with Gasteiger partial charge in [0.25, 0.3) is 0 Å². The minimum atomic E-state index is -0.333. The Labute approximate surface area is 204 Å². The Morgan fingerprint density at radius 1 is 0.886 bits per heavy atom. The maximum absolute atomic E-state index is 13.7. The summed E-state index contributed by atoms with van der Waals surface area (Å²) >= 11 is 0. The number of piperidine rings is 1. The Morgan fingerprint density at radius 3 is 2.14 bits per heavy atom. The third-order valence-electron chi connectivity index (χ3n) is 7.00. The zero-order valence-electron chi connectivity index (χ0n) is 19.6. The third-order valence-corrected chi connectivity index (χ3v) is 7.00. The Morgan fingerprint density at radius 2 is 1.51 bits per heavy atom. The summed E-state index contributed by atoms with van der Waals surface area (Å²) in [6.45, 7) is 1.85. The molecule has 35 heavy (non-hydrogen) atoms. The number of halogens is 2. The number of carbonyl (C=O) groups is 1. The van der Waals surface area contributed by atoms with Gasteiger partial charge in [-0.25, -0.2) is 8.78 Å². The summed E-state index contributed by atoms with van der Waals surface area (Å²) in [4.78, 5) is 15.5. The fourth-order valence-corrected chi connectivity index (χ4v) is 5.25. The highest BCUT2D eigenvalue weighted by molar-refractivity contribution is 5.88. The lowest BCUT2D eigenvalue weighted by molar-refractivity contribution is -0.126. The van der Waals surface area contributed by atoms with Crippen LogP contribution in [-0.4, -0.2) is 30.9 Å². The molecule has 1 fully saturated rings. The Kier molecular flexibility index (Phi) is 6.60. The number of rotatable bonds is 6. The molecule has 0 bridgehead atoms. The van der Waals surface area contributed by atoms with Crippen molar-refractivity contribution in [3.63, 3.8) is 0 Å². The number of hydrogen-bond acceptors (Lipinski definition) is 3. The lowest BCUT2D eigenvalue weighted by Crippen LogP contribution is -2.43. The van der Waals surface area contributed by atoms with E-state index < -0.39 is 0 Å². The van der Waals surface area contributed by atoms with E-state index in [1.165, 1.54) is 24.3 Å². The molecule has 1 aliphatic rings. The number of likely N-dealkylation sites (tertiary alicyclic amines) is 1. The number of ether oxygens (including phenoxy) is 1. The van der Waals surface area contributed by atoms with Crippen LogP contribution in [0.25, 0.3) is 10.8 Å². The van der Waals surface area contributed by atoms with E-state index in [-0.39, 0.29) is 29.3 Å². The number of hydrogen-bond donors (Lipinski definition) is 0. The highest BCUT2D eigenvalue weighted by Gasteiger charge is 2.35. The smallest absolute Gasteiger partial charge is 0.139 e. The van der Waals surface area contributed by atoms with E-state index in [2.05, 4.69) is 23.1 Å². The normalized spacial score (nSPS) is 16.7. The molecule has 1 saturated heterocycles. The summed E-state index contributed by atoms with van der Waals surface area (Å²) in [5, 5.41) is 2.28. The number of carbonyl (C=O) groups excluding carboxylic acids is 1. The van der Waals surface area contributed by atoms with Gasteiger partial charge < -0.3 is 4.74 Å². The first kappa shape index (κ1) is 23.2. The molecule has 5 heteroatoms. The van der Waals surface area contributed by atoms with Crippen molar-refractivity contribution >= 4 is 16.6 Å². The Bertz CT molecular complexity index is 1290. The first-order valence-electron chi connectivity index (χ1n) is 11.8. The maximum Gasteiger partial charge on any atom is 0.139 e. The van der Waals surface area contributed by atoms with Gasteiger partial charge in [0.15, 0.2) is 0 Å². The summed E-state index contributed by atoms with van der Waals surface area (Å²) in [5.41, 5.74) is 2.79. The van der Waals surface area contributed by atoms with Gasteiger partial charge in [-0.15, -0.1) is 0 Å². The molecule has 1 atom stereocenters. The summed E-state index contributed by atoms with van der Waals surface area (Å²) < 4.78 is 33.1. The molecule has 1 aliphatic heterocycles. The second-order valence-electron chi connectivity index (χ2n) is 9.11. The molecule has 0 amide bonds. The monoisotopic (exact) mass is 471 g/mol. The van der Waals surface area contributed by atoms with Crippen LogP contribution < -0.4 is 4.74 Å². The van der Waals surface area contributed by atoms with Gasteiger partial charge >= 0.3 is 0 Å². The van der Waals surface area contributed by atoms with Crippen LogP contribution in [0.2, 0.25) is 0 Å². The SMILES string of the molecule is COc1ccc2ccccc2c1CN1CCC(=O)C(C(c2ccc(F)cc2)c2ccc(F)cc2)C1. The van der Waals surface area contributed by atoms with Crippen LogP contribution in [0.3, 0.4) is 0 Å². The van der Waals surface area contributed by atoms with Crippen molar-refractivity contribution < 1.29 is 18.3 Å². The fraction of sp³-hybridized carbons (Fsp3) is 0.233. The van der Waals surface area contributed by atoms with Crippen molar-refractivity contribution in [1.82, 2.24) is 4.90 Å². The van der Waals surface area contributed by atoms with Crippen molar-refractivity contribution in [3.05, 3.63) is 113 Å². The van der Waals surface area contributed by atoms with Crippen LogP contribution in [0.1, 0.15) is 29.0 Å². The predicted octanol–water partition coefficient (Wildman–Crippen LogP) is 6.35. The first-order valence-corrected chi connectivity index (χ1v) is 11.8. The van der Waals surface area contributed by atoms with Gasteiger partial charge in [0.1, 0.15) is 23.2 Å². The molecule has 1 heterocycles. The summed E-state index contributed by atoms with van der Waals surface area (Å²) in [6.07, 6.45) is 0.427. The molecule has 0 saturated carbocycles. The van der Waals surface area contributed by atoms with Crippen molar-refractivity contribution in [2.75, 3.05) is 20.2 Å². The van der Waals surface area contributed by atoms with Crippen LogP contribution >= 0.6 is 0 Å². The number of benzene rings is 4. The topological polar surface area (TPSA) is 29.5 Å². The number of methoxy groups -OCH3 is 1. The summed E-state index contributed by atoms with van der Waals surface area (Å²) in [5.74, 6) is -0.283. The molecule has 178 valence electrons. The molecule has 0 radical (unpaired) electrons. The van der Waals surface area contributed by atoms with Crippen molar-refractivity contribution in [2.24, 2.45) is 5.92 Å². The molecule has 1 unspecified atom stereocenters. The molecule has 4 aromatic carbocycles. The van der Waals surface area contributed by atoms with E-state index in [1.807, 2.05) is 18.2 Å². The van der Waals surface area contributed by atoms with Crippen molar-refractivity contribution in [3.8, 4) is 5.75 Å². The third kappa shape index (κ3) is 4.82. The summed E-state index contributed by atoms with van der Waals surface area (Å²) in [7, 11) is 1.68. The van der Waals surface area contributed by atoms with Gasteiger partial charge in [-0.1, -0.05) is 54.6 Å². The average Bonchev–Trinajstić information content (AvgIpc) is 2.88. The van der Waals surface area contributed by atoms with Crippen LogP contribution in [0.4, 0.5) is 8.78 Å². The number of ketones is 1. The molecule has 0 aromatic heterocycles. The van der Waals surface area contributed by atoms with Crippen molar-refractivity contribution in [1.29, 1.82) is 0 Å². The van der Waals surface area contributed by atoms with Gasteiger partial charge in [0, 0.05) is 43.5 Å². The van der Waals surface area contributed by atoms with Gasteiger partial charge in [-0.05, 0) is 52.2 Å². The lowest BCUT2D eigenvalue weighted by Gasteiger charge is -2.37. The Hall–Kier alpha value is -3.57. The van der Waals surface area contributed by atoms with Gasteiger partial charge in [-0.3, -0.25) is 9.69 Å². The molecule has 0 spiro atoms. The van der Waals surface area contributed by atoms with E-state index in [9.17, 15) is 13.6 Å². The molecule has 0 aliphatic carbocycles. The minimum absolute atomic E-state index is 0.171. The van der Waals surface area contributed by atoms with Crippen LogP contribution in [0.15, 0.2) is 84.9 Å². The van der Waals surface area contributed by atoms with Crippen LogP contribution in [0, 0.1) is 17.6 Å². The summed E-state index contributed by atoms with van der Waals surface area (Å²) in [6, 6.07) is 24.8. The average molecular weight is 472 g/mol. The van der Waals surface area contributed by atoms with E-state index in [1.54, 1.807) is 31.4 Å². The van der Waals surface area contributed by atoms with Crippen LogP contribution in [-0.2, 0) is 11.3 Å². The molecule has 5 rings (SSSR count). The van der Waals surface area contributed by atoms with E-state index in [0.29, 0.717) is 26.1 Å². The van der Waals surface area contributed by atoms with E-state index in [4.69, 9.17) is 4.74 Å². The highest BCUT2D eigenvalue weighted by Crippen LogP contribution is 2.37. The highest BCUT2D eigenvalue weighted by atomic mass is 19.1. The lowest BCUT2D eigenvalue weighted by atomic mass is 9.76. The Balaban J connectivity index is 1.50.